The molecule has 5 heteroatoms. The molecule has 0 spiro atoms. The van der Waals surface area contributed by atoms with E-state index in [9.17, 15) is 0 Å². The van der Waals surface area contributed by atoms with Crippen molar-refractivity contribution in [2.45, 2.75) is 0 Å². The quantitative estimate of drug-likeness (QED) is 0.806. The third-order valence-electron chi connectivity index (χ3n) is 1.19. The first-order valence-electron chi connectivity index (χ1n) is 3.49. The number of pyridine rings is 1. The molecule has 0 aliphatic carbocycles. The van der Waals surface area contributed by atoms with E-state index in [1.165, 1.54) is 0 Å². The van der Waals surface area contributed by atoms with Gasteiger partial charge in [0.15, 0.2) is 0 Å². The van der Waals surface area contributed by atoms with E-state index in [-0.39, 0.29) is 0 Å². The molecule has 0 aromatic carbocycles. The molecule has 0 unspecified atom stereocenters. The zero-order valence-electron chi connectivity index (χ0n) is 6.46. The van der Waals surface area contributed by atoms with Crippen molar-refractivity contribution in [3.8, 4) is 5.88 Å². The van der Waals surface area contributed by atoms with E-state index < -0.39 is 0 Å². The van der Waals surface area contributed by atoms with Crippen LogP contribution in [0.5, 0.6) is 5.88 Å². The summed E-state index contributed by atoms with van der Waals surface area (Å²) in [6, 6.07) is 3.48. The minimum Gasteiger partial charge on any atom is -0.475 e. The number of anilines is 1. The standard InChI is InChI=1S/C7H10BrN3O/c8-5-1-2-6(10)11-7(5)12-4-3-9/h1-2H,3-4,9H2,(H2,10,11). The predicted octanol–water partition coefficient (Wildman–Crippen LogP) is 0.764. The van der Waals surface area contributed by atoms with Crippen molar-refractivity contribution in [3.63, 3.8) is 0 Å². The highest BCUT2D eigenvalue weighted by Gasteiger charge is 2.01. The van der Waals surface area contributed by atoms with Gasteiger partial charge in [-0.15, -0.1) is 0 Å². The predicted molar refractivity (Wildman–Crippen MR) is 50.9 cm³/mol. The van der Waals surface area contributed by atoms with Gasteiger partial charge in [-0.05, 0) is 28.1 Å². The molecule has 12 heavy (non-hydrogen) atoms. The van der Waals surface area contributed by atoms with Gasteiger partial charge in [-0.1, -0.05) is 0 Å². The molecule has 4 N–H and O–H groups in total. The lowest BCUT2D eigenvalue weighted by Gasteiger charge is -2.05. The second-order valence-electron chi connectivity index (χ2n) is 2.16. The Labute approximate surface area is 79.0 Å². The Hall–Kier alpha value is -0.810. The van der Waals surface area contributed by atoms with Crippen molar-refractivity contribution in [3.05, 3.63) is 16.6 Å². The Morgan fingerprint density at radius 1 is 1.50 bits per heavy atom. The van der Waals surface area contributed by atoms with Crippen LogP contribution in [-0.2, 0) is 0 Å². The summed E-state index contributed by atoms with van der Waals surface area (Å²) in [6.07, 6.45) is 0. The van der Waals surface area contributed by atoms with Gasteiger partial charge < -0.3 is 16.2 Å². The number of ether oxygens (including phenoxy) is 1. The molecule has 0 bridgehead atoms. The summed E-state index contributed by atoms with van der Waals surface area (Å²) < 4.78 is 5.99. The fourth-order valence-electron chi connectivity index (χ4n) is 0.695. The highest BCUT2D eigenvalue weighted by molar-refractivity contribution is 9.10. The van der Waals surface area contributed by atoms with Crippen molar-refractivity contribution >= 4 is 21.7 Å². The Bertz CT molecular complexity index is 267. The van der Waals surface area contributed by atoms with Crippen LogP contribution in [0.25, 0.3) is 0 Å². The summed E-state index contributed by atoms with van der Waals surface area (Å²) in [5, 5.41) is 0. The van der Waals surface area contributed by atoms with Gasteiger partial charge in [0.1, 0.15) is 12.4 Å². The zero-order chi connectivity index (χ0) is 8.97. The van der Waals surface area contributed by atoms with Gasteiger partial charge in [-0.25, -0.2) is 0 Å². The molecule has 66 valence electrons. The largest absolute Gasteiger partial charge is 0.475 e. The molecule has 0 amide bonds. The first kappa shape index (κ1) is 9.28. The van der Waals surface area contributed by atoms with Crippen LogP contribution in [0.15, 0.2) is 16.6 Å². The first-order valence-corrected chi connectivity index (χ1v) is 4.28. The third-order valence-corrected chi connectivity index (χ3v) is 1.80. The lowest BCUT2D eigenvalue weighted by Crippen LogP contribution is -2.11. The average Bonchev–Trinajstić information content (AvgIpc) is 2.07. The van der Waals surface area contributed by atoms with Gasteiger partial charge in [0.05, 0.1) is 4.47 Å². The number of hydrogen-bond acceptors (Lipinski definition) is 4. The average molecular weight is 232 g/mol. The summed E-state index contributed by atoms with van der Waals surface area (Å²) >= 11 is 3.28. The van der Waals surface area contributed by atoms with E-state index >= 15 is 0 Å². The number of halogens is 1. The fraction of sp³-hybridized carbons (Fsp3) is 0.286. The van der Waals surface area contributed by atoms with E-state index in [0.29, 0.717) is 24.8 Å². The molecule has 1 rings (SSSR count). The van der Waals surface area contributed by atoms with Crippen LogP contribution in [0.4, 0.5) is 5.82 Å². The maximum atomic E-state index is 5.46. The summed E-state index contributed by atoms with van der Waals surface area (Å²) in [6.45, 7) is 0.901. The smallest absolute Gasteiger partial charge is 0.229 e. The Kier molecular flexibility index (Phi) is 3.31. The third kappa shape index (κ3) is 2.35. The van der Waals surface area contributed by atoms with Crippen molar-refractivity contribution in [2.24, 2.45) is 5.73 Å². The molecule has 4 nitrogen and oxygen atoms in total. The maximum Gasteiger partial charge on any atom is 0.229 e. The number of nitrogens with zero attached hydrogens (tertiary/aromatic N) is 1. The summed E-state index contributed by atoms with van der Waals surface area (Å²) in [7, 11) is 0. The van der Waals surface area contributed by atoms with E-state index in [0.717, 1.165) is 4.47 Å². The summed E-state index contributed by atoms with van der Waals surface area (Å²) in [5.41, 5.74) is 10.7. The molecular weight excluding hydrogens is 222 g/mol. The van der Waals surface area contributed by atoms with Crippen LogP contribution in [0, 0.1) is 0 Å². The van der Waals surface area contributed by atoms with Crippen LogP contribution in [-0.4, -0.2) is 18.1 Å². The van der Waals surface area contributed by atoms with Gasteiger partial charge in [-0.2, -0.15) is 4.98 Å². The topological polar surface area (TPSA) is 74.2 Å². The highest BCUT2D eigenvalue weighted by atomic mass is 79.9. The van der Waals surface area contributed by atoms with Crippen molar-refractivity contribution in [1.82, 2.24) is 4.98 Å². The van der Waals surface area contributed by atoms with Crippen molar-refractivity contribution in [1.29, 1.82) is 0 Å². The van der Waals surface area contributed by atoms with Gasteiger partial charge in [-0.3, -0.25) is 0 Å². The van der Waals surface area contributed by atoms with Crippen LogP contribution >= 0.6 is 15.9 Å². The monoisotopic (exact) mass is 231 g/mol. The minimum absolute atomic E-state index is 0.435. The lowest BCUT2D eigenvalue weighted by molar-refractivity contribution is 0.314. The van der Waals surface area contributed by atoms with E-state index in [1.807, 2.05) is 0 Å². The molecule has 0 atom stereocenters. The van der Waals surface area contributed by atoms with Gasteiger partial charge in [0.25, 0.3) is 0 Å². The van der Waals surface area contributed by atoms with E-state index in [4.69, 9.17) is 16.2 Å². The molecule has 1 heterocycles. The lowest BCUT2D eigenvalue weighted by atomic mass is 10.4. The first-order chi connectivity index (χ1) is 5.74. The number of nitrogen functional groups attached to an aromatic ring is 1. The summed E-state index contributed by atoms with van der Waals surface area (Å²) in [5.74, 6) is 0.922. The molecule has 0 saturated heterocycles. The molecule has 0 aliphatic heterocycles. The van der Waals surface area contributed by atoms with Crippen LogP contribution in [0.3, 0.4) is 0 Å². The number of hydrogen-bond donors (Lipinski definition) is 2. The normalized spacial score (nSPS) is 9.83. The zero-order valence-corrected chi connectivity index (χ0v) is 8.04. The molecule has 0 fully saturated rings. The van der Waals surface area contributed by atoms with Crippen LogP contribution in [0.2, 0.25) is 0 Å². The second-order valence-corrected chi connectivity index (χ2v) is 3.01. The molecular formula is C7H10BrN3O. The van der Waals surface area contributed by atoms with Gasteiger partial charge in [0, 0.05) is 6.54 Å². The maximum absolute atomic E-state index is 5.46. The van der Waals surface area contributed by atoms with Crippen molar-refractivity contribution < 1.29 is 4.74 Å². The van der Waals surface area contributed by atoms with E-state index in [1.54, 1.807) is 12.1 Å². The highest BCUT2D eigenvalue weighted by Crippen LogP contribution is 2.22. The van der Waals surface area contributed by atoms with Gasteiger partial charge in [0.2, 0.25) is 5.88 Å². The number of nitrogens with two attached hydrogens (primary N) is 2. The minimum atomic E-state index is 0.435. The molecule has 1 aromatic heterocycles. The van der Waals surface area contributed by atoms with Crippen molar-refractivity contribution in [2.75, 3.05) is 18.9 Å². The molecule has 0 saturated carbocycles. The van der Waals surface area contributed by atoms with Crippen LogP contribution in [0.1, 0.15) is 0 Å². The fourth-order valence-corrected chi connectivity index (χ4v) is 1.03. The molecule has 0 radical (unpaired) electrons. The Morgan fingerprint density at radius 3 is 2.92 bits per heavy atom. The van der Waals surface area contributed by atoms with Crippen LogP contribution < -0.4 is 16.2 Å². The summed E-state index contributed by atoms with van der Waals surface area (Å²) in [4.78, 5) is 3.96. The second kappa shape index (κ2) is 4.27. The van der Waals surface area contributed by atoms with E-state index in [2.05, 4.69) is 20.9 Å². The molecule has 0 aliphatic rings. The Balaban J connectivity index is 2.75. The van der Waals surface area contributed by atoms with Gasteiger partial charge >= 0.3 is 0 Å². The molecule has 1 aromatic rings. The SMILES string of the molecule is NCCOc1nc(N)ccc1Br. The number of rotatable bonds is 3. The number of aromatic nitrogens is 1. The Morgan fingerprint density at radius 2 is 2.25 bits per heavy atom.